The lowest BCUT2D eigenvalue weighted by atomic mass is 10.2. The predicted molar refractivity (Wildman–Crippen MR) is 142 cm³/mol. The van der Waals surface area contributed by atoms with Crippen LogP contribution in [0.2, 0.25) is 0 Å². The lowest BCUT2D eigenvalue weighted by Gasteiger charge is -2.21. The van der Waals surface area contributed by atoms with E-state index in [0.717, 1.165) is 30.5 Å². The first-order valence-corrected chi connectivity index (χ1v) is 14.0. The van der Waals surface area contributed by atoms with E-state index in [2.05, 4.69) is 4.90 Å². The molecule has 0 saturated heterocycles. The molecular formula is C25H32N4O5S2. The van der Waals surface area contributed by atoms with Crippen LogP contribution in [0.15, 0.2) is 41.3 Å². The molecule has 0 spiro atoms. The molecule has 9 nitrogen and oxygen atoms in total. The summed E-state index contributed by atoms with van der Waals surface area (Å²) >= 11 is 1.36. The standard InChI is InChI=1S/C25H32N4O5S2/c1-27(2)15-6-16-29(25-26-22-20(33-4)13-14-21(34-5)23(22)35-25)24(30)17-7-11-19(12-8-17)36(31,32)28(3)18-9-10-18/h7-8,11-14,18H,6,9-10,15-16H2,1-5H3. The summed E-state index contributed by atoms with van der Waals surface area (Å²) < 4.78 is 38.9. The number of sulfonamides is 1. The molecule has 4 rings (SSSR count). The molecule has 1 saturated carbocycles. The van der Waals surface area contributed by atoms with Crippen molar-refractivity contribution >= 4 is 42.6 Å². The van der Waals surface area contributed by atoms with Gasteiger partial charge < -0.3 is 14.4 Å². The molecule has 2 aromatic carbocycles. The van der Waals surface area contributed by atoms with Gasteiger partial charge in [0.25, 0.3) is 5.91 Å². The fourth-order valence-electron chi connectivity index (χ4n) is 3.94. The Morgan fingerprint density at radius 2 is 1.64 bits per heavy atom. The van der Waals surface area contributed by atoms with Crippen molar-refractivity contribution in [3.05, 3.63) is 42.0 Å². The minimum Gasteiger partial charge on any atom is -0.495 e. The molecule has 0 bridgehead atoms. The number of amides is 1. The Labute approximate surface area is 216 Å². The molecule has 1 aromatic heterocycles. The minimum atomic E-state index is -3.58. The largest absolute Gasteiger partial charge is 0.495 e. The van der Waals surface area contributed by atoms with Gasteiger partial charge in [-0.2, -0.15) is 4.31 Å². The zero-order valence-electron chi connectivity index (χ0n) is 21.2. The van der Waals surface area contributed by atoms with Gasteiger partial charge >= 0.3 is 0 Å². The Balaban J connectivity index is 1.67. The van der Waals surface area contributed by atoms with Gasteiger partial charge in [0.05, 0.1) is 19.1 Å². The van der Waals surface area contributed by atoms with Crippen molar-refractivity contribution in [3.63, 3.8) is 0 Å². The fraction of sp³-hybridized carbons (Fsp3) is 0.440. The number of carbonyl (C=O) groups excluding carboxylic acids is 1. The molecule has 1 amide bonds. The monoisotopic (exact) mass is 532 g/mol. The van der Waals surface area contributed by atoms with E-state index in [1.54, 1.807) is 44.4 Å². The Hall–Kier alpha value is -2.73. The number of nitrogens with zero attached hydrogens (tertiary/aromatic N) is 4. The van der Waals surface area contributed by atoms with Gasteiger partial charge in [0.15, 0.2) is 5.13 Å². The molecule has 0 unspecified atom stereocenters. The van der Waals surface area contributed by atoms with Crippen LogP contribution in [0.1, 0.15) is 29.6 Å². The number of thiazole rings is 1. The highest BCUT2D eigenvalue weighted by atomic mass is 32.2. The fourth-order valence-corrected chi connectivity index (χ4v) is 6.46. The van der Waals surface area contributed by atoms with Crippen molar-refractivity contribution in [3.8, 4) is 11.5 Å². The molecular weight excluding hydrogens is 500 g/mol. The minimum absolute atomic E-state index is 0.0662. The van der Waals surface area contributed by atoms with Crippen LogP contribution in [-0.2, 0) is 10.0 Å². The Morgan fingerprint density at radius 1 is 1.00 bits per heavy atom. The summed E-state index contributed by atoms with van der Waals surface area (Å²) in [4.78, 5) is 22.3. The van der Waals surface area contributed by atoms with Crippen molar-refractivity contribution in [2.24, 2.45) is 0 Å². The first kappa shape index (κ1) is 26.3. The van der Waals surface area contributed by atoms with Gasteiger partial charge in [-0.25, -0.2) is 13.4 Å². The maximum Gasteiger partial charge on any atom is 0.260 e. The maximum absolute atomic E-state index is 13.7. The molecule has 194 valence electrons. The van der Waals surface area contributed by atoms with Crippen molar-refractivity contribution in [2.75, 3.05) is 53.4 Å². The molecule has 0 aliphatic heterocycles. The number of hydrogen-bond donors (Lipinski definition) is 0. The number of benzene rings is 2. The van der Waals surface area contributed by atoms with E-state index in [9.17, 15) is 13.2 Å². The summed E-state index contributed by atoms with van der Waals surface area (Å²) in [6.07, 6.45) is 2.50. The van der Waals surface area contributed by atoms with E-state index < -0.39 is 10.0 Å². The summed E-state index contributed by atoms with van der Waals surface area (Å²) in [6, 6.07) is 9.83. The highest BCUT2D eigenvalue weighted by Gasteiger charge is 2.35. The van der Waals surface area contributed by atoms with E-state index in [1.165, 1.54) is 27.8 Å². The number of fused-ring (bicyclic) bond motifs is 1. The van der Waals surface area contributed by atoms with Crippen LogP contribution in [0.4, 0.5) is 5.13 Å². The van der Waals surface area contributed by atoms with Gasteiger partial charge in [-0.3, -0.25) is 9.69 Å². The van der Waals surface area contributed by atoms with Crippen LogP contribution in [0.25, 0.3) is 10.2 Å². The lowest BCUT2D eigenvalue weighted by molar-refractivity contribution is 0.0986. The van der Waals surface area contributed by atoms with Crippen LogP contribution in [0, 0.1) is 0 Å². The summed E-state index contributed by atoms with van der Waals surface area (Å²) in [7, 11) is 5.16. The molecule has 0 N–H and O–H groups in total. The lowest BCUT2D eigenvalue weighted by Crippen LogP contribution is -2.33. The zero-order chi connectivity index (χ0) is 26.0. The Kier molecular flexibility index (Phi) is 7.84. The highest BCUT2D eigenvalue weighted by molar-refractivity contribution is 7.89. The zero-order valence-corrected chi connectivity index (χ0v) is 22.9. The Morgan fingerprint density at radius 3 is 2.22 bits per heavy atom. The van der Waals surface area contributed by atoms with Gasteiger partial charge in [0.2, 0.25) is 10.0 Å². The van der Waals surface area contributed by atoms with Crippen LogP contribution in [0.3, 0.4) is 0 Å². The molecule has 1 heterocycles. The van der Waals surface area contributed by atoms with Gasteiger partial charge in [0.1, 0.15) is 21.7 Å². The number of ether oxygens (including phenoxy) is 2. The number of rotatable bonds is 11. The van der Waals surface area contributed by atoms with Crippen molar-refractivity contribution < 1.29 is 22.7 Å². The van der Waals surface area contributed by atoms with Gasteiger partial charge in [-0.15, -0.1) is 0 Å². The average Bonchev–Trinajstić information content (AvgIpc) is 3.62. The number of aromatic nitrogens is 1. The second-order valence-electron chi connectivity index (χ2n) is 9.03. The summed E-state index contributed by atoms with van der Waals surface area (Å²) in [5.74, 6) is 1.01. The number of carbonyl (C=O) groups is 1. The molecule has 0 radical (unpaired) electrons. The topological polar surface area (TPSA) is 92.3 Å². The van der Waals surface area contributed by atoms with E-state index in [0.29, 0.717) is 34.3 Å². The normalized spacial score (nSPS) is 14.0. The molecule has 36 heavy (non-hydrogen) atoms. The predicted octanol–water partition coefficient (Wildman–Crippen LogP) is 3.69. The molecule has 3 aromatic rings. The highest BCUT2D eigenvalue weighted by Crippen LogP contribution is 2.40. The number of hydrogen-bond acceptors (Lipinski definition) is 8. The van der Waals surface area contributed by atoms with E-state index in [4.69, 9.17) is 14.5 Å². The van der Waals surface area contributed by atoms with Crippen molar-refractivity contribution in [1.82, 2.24) is 14.2 Å². The quantitative estimate of drug-likeness (QED) is 0.372. The molecule has 11 heteroatoms. The van der Waals surface area contributed by atoms with Crippen LogP contribution >= 0.6 is 11.3 Å². The molecule has 1 aliphatic carbocycles. The van der Waals surface area contributed by atoms with Crippen LogP contribution in [-0.4, -0.2) is 83.0 Å². The summed E-state index contributed by atoms with van der Waals surface area (Å²) in [6.45, 7) is 1.25. The Bertz CT molecular complexity index is 1290. The molecule has 1 fully saturated rings. The summed E-state index contributed by atoms with van der Waals surface area (Å²) in [5.41, 5.74) is 1.03. The van der Waals surface area contributed by atoms with Crippen molar-refractivity contribution in [1.29, 1.82) is 0 Å². The SMILES string of the molecule is COc1ccc(OC)c2sc(N(CCCN(C)C)C(=O)c3ccc(S(=O)(=O)N(C)C4CC4)cc3)nc12. The molecule has 1 aliphatic rings. The second kappa shape index (κ2) is 10.7. The van der Waals surface area contributed by atoms with Gasteiger partial charge in [-0.1, -0.05) is 11.3 Å². The second-order valence-corrected chi connectivity index (χ2v) is 12.0. The average molecular weight is 533 g/mol. The first-order chi connectivity index (χ1) is 17.2. The van der Waals surface area contributed by atoms with E-state index in [-0.39, 0.29) is 16.8 Å². The van der Waals surface area contributed by atoms with E-state index >= 15 is 0 Å². The third-order valence-electron chi connectivity index (χ3n) is 6.20. The van der Waals surface area contributed by atoms with Crippen molar-refractivity contribution in [2.45, 2.75) is 30.2 Å². The third kappa shape index (κ3) is 5.34. The van der Waals surface area contributed by atoms with Crippen LogP contribution in [0.5, 0.6) is 11.5 Å². The van der Waals surface area contributed by atoms with Crippen LogP contribution < -0.4 is 14.4 Å². The smallest absolute Gasteiger partial charge is 0.260 e. The summed E-state index contributed by atoms with van der Waals surface area (Å²) in [5, 5.41) is 0.529. The van der Waals surface area contributed by atoms with E-state index in [1.807, 2.05) is 20.2 Å². The van der Waals surface area contributed by atoms with Gasteiger partial charge in [-0.05, 0) is 76.3 Å². The third-order valence-corrected chi connectivity index (χ3v) is 9.22. The number of anilines is 1. The maximum atomic E-state index is 13.7. The first-order valence-electron chi connectivity index (χ1n) is 11.7. The molecule has 0 atom stereocenters. The number of methoxy groups -OCH3 is 2. The van der Waals surface area contributed by atoms with Gasteiger partial charge in [0, 0.05) is 25.2 Å².